The van der Waals surface area contributed by atoms with Crippen molar-refractivity contribution < 1.29 is 4.79 Å². The van der Waals surface area contributed by atoms with Crippen molar-refractivity contribution in [2.75, 3.05) is 31.1 Å². The highest BCUT2D eigenvalue weighted by molar-refractivity contribution is 14.1. The van der Waals surface area contributed by atoms with Gasteiger partial charge in [0.25, 0.3) is 5.91 Å². The van der Waals surface area contributed by atoms with E-state index in [2.05, 4.69) is 53.5 Å². The Morgan fingerprint density at radius 2 is 1.85 bits per heavy atom. The van der Waals surface area contributed by atoms with Gasteiger partial charge in [-0.1, -0.05) is 29.5 Å². The molecular weight excluding hydrogens is 457 g/mol. The number of rotatable bonds is 2. The molecule has 6 heteroatoms. The van der Waals surface area contributed by atoms with Crippen molar-refractivity contribution in [3.05, 3.63) is 56.7 Å². The Morgan fingerprint density at radius 3 is 2.58 bits per heavy atom. The Morgan fingerprint density at radius 1 is 1.12 bits per heavy atom. The zero-order chi connectivity index (χ0) is 18.3. The van der Waals surface area contributed by atoms with Gasteiger partial charge in [0.2, 0.25) is 0 Å². The highest BCUT2D eigenvalue weighted by atomic mass is 127. The lowest BCUT2D eigenvalue weighted by Crippen LogP contribution is -2.48. The van der Waals surface area contributed by atoms with Crippen molar-refractivity contribution in [3.63, 3.8) is 0 Å². The molecule has 0 saturated carbocycles. The largest absolute Gasteiger partial charge is 0.345 e. The van der Waals surface area contributed by atoms with Gasteiger partial charge in [-0.25, -0.2) is 4.98 Å². The van der Waals surface area contributed by atoms with Gasteiger partial charge >= 0.3 is 0 Å². The summed E-state index contributed by atoms with van der Waals surface area (Å²) in [5.41, 5.74) is 4.41. The molecule has 3 aromatic rings. The van der Waals surface area contributed by atoms with Crippen LogP contribution in [0.15, 0.2) is 36.4 Å². The second kappa shape index (κ2) is 7.15. The van der Waals surface area contributed by atoms with Crippen molar-refractivity contribution in [3.8, 4) is 0 Å². The van der Waals surface area contributed by atoms with E-state index < -0.39 is 0 Å². The number of piperazine rings is 1. The summed E-state index contributed by atoms with van der Waals surface area (Å²) in [6.07, 6.45) is 0. The maximum absolute atomic E-state index is 12.8. The summed E-state index contributed by atoms with van der Waals surface area (Å²) >= 11 is 3.98. The first kappa shape index (κ1) is 17.7. The molecule has 4 rings (SSSR count). The average Bonchev–Trinajstić information content (AvgIpc) is 3.06. The lowest BCUT2D eigenvalue weighted by molar-refractivity contribution is 0.0745. The fourth-order valence-corrected chi connectivity index (χ4v) is 5.21. The van der Waals surface area contributed by atoms with Gasteiger partial charge in [-0.3, -0.25) is 4.79 Å². The fourth-order valence-electron chi connectivity index (χ4n) is 3.40. The van der Waals surface area contributed by atoms with E-state index in [1.807, 2.05) is 29.2 Å². The number of fused-ring (bicyclic) bond motifs is 1. The van der Waals surface area contributed by atoms with E-state index in [0.717, 1.165) is 46.0 Å². The molecule has 1 fully saturated rings. The molecule has 2 aromatic carbocycles. The van der Waals surface area contributed by atoms with Gasteiger partial charge < -0.3 is 9.80 Å². The minimum Gasteiger partial charge on any atom is -0.345 e. The van der Waals surface area contributed by atoms with Crippen LogP contribution in [-0.2, 0) is 0 Å². The molecule has 0 radical (unpaired) electrons. The number of carbonyl (C=O) groups is 1. The summed E-state index contributed by atoms with van der Waals surface area (Å²) < 4.78 is 2.25. The molecule has 4 nitrogen and oxygen atoms in total. The fraction of sp³-hybridized carbons (Fsp3) is 0.300. The number of hydrogen-bond donors (Lipinski definition) is 0. The first-order valence-corrected chi connectivity index (χ1v) is 10.6. The zero-order valence-electron chi connectivity index (χ0n) is 14.8. The van der Waals surface area contributed by atoms with Gasteiger partial charge in [-0.05, 0) is 65.8 Å². The van der Waals surface area contributed by atoms with Crippen LogP contribution in [0.5, 0.6) is 0 Å². The van der Waals surface area contributed by atoms with Crippen LogP contribution in [0.1, 0.15) is 21.5 Å². The van der Waals surface area contributed by atoms with Crippen molar-refractivity contribution >= 4 is 55.2 Å². The maximum Gasteiger partial charge on any atom is 0.255 e. The minimum absolute atomic E-state index is 0.130. The van der Waals surface area contributed by atoms with E-state index in [4.69, 9.17) is 4.98 Å². The molecule has 0 aliphatic carbocycles. The second-order valence-electron chi connectivity index (χ2n) is 6.68. The number of thiazole rings is 1. The third-order valence-corrected chi connectivity index (χ3v) is 6.76. The summed E-state index contributed by atoms with van der Waals surface area (Å²) in [6, 6.07) is 12.2. The molecule has 0 bridgehead atoms. The number of halogens is 1. The SMILES string of the molecule is Cc1cc(C)c2nc(N3CCN(C(=O)c4ccccc4I)CC3)sc2c1. The number of anilines is 1. The van der Waals surface area contributed by atoms with Crippen LogP contribution < -0.4 is 4.90 Å². The molecular formula is C20H20IN3OS. The topological polar surface area (TPSA) is 36.4 Å². The predicted octanol–water partition coefficient (Wildman–Crippen LogP) is 4.48. The monoisotopic (exact) mass is 477 g/mol. The molecule has 134 valence electrons. The quantitative estimate of drug-likeness (QED) is 0.511. The van der Waals surface area contributed by atoms with Gasteiger partial charge in [0.15, 0.2) is 5.13 Å². The van der Waals surface area contributed by atoms with Crippen molar-refractivity contribution in [1.29, 1.82) is 0 Å². The summed E-state index contributed by atoms with van der Waals surface area (Å²) in [4.78, 5) is 21.9. The third kappa shape index (κ3) is 3.32. The first-order chi connectivity index (χ1) is 12.5. The zero-order valence-corrected chi connectivity index (χ0v) is 17.8. The highest BCUT2D eigenvalue weighted by Crippen LogP contribution is 2.32. The van der Waals surface area contributed by atoms with E-state index in [0.29, 0.717) is 0 Å². The summed E-state index contributed by atoms with van der Waals surface area (Å²) in [5, 5.41) is 1.06. The van der Waals surface area contributed by atoms with Gasteiger partial charge in [0, 0.05) is 29.7 Å². The normalized spacial score (nSPS) is 14.9. The van der Waals surface area contributed by atoms with Crippen LogP contribution in [0, 0.1) is 17.4 Å². The van der Waals surface area contributed by atoms with Crippen molar-refractivity contribution in [2.45, 2.75) is 13.8 Å². The standard InChI is InChI=1S/C20H20IN3OS/c1-13-11-14(2)18-17(12-13)26-20(22-18)24-9-7-23(8-10-24)19(25)15-5-3-4-6-16(15)21/h3-6,11-12H,7-10H2,1-2H3. The van der Waals surface area contributed by atoms with Gasteiger partial charge in [-0.15, -0.1) is 0 Å². The van der Waals surface area contributed by atoms with Crippen molar-refractivity contribution in [2.24, 2.45) is 0 Å². The van der Waals surface area contributed by atoms with Gasteiger partial charge in [-0.2, -0.15) is 0 Å². The summed E-state index contributed by atoms with van der Waals surface area (Å²) in [6.45, 7) is 7.37. The van der Waals surface area contributed by atoms with Crippen LogP contribution in [0.3, 0.4) is 0 Å². The van der Waals surface area contributed by atoms with Crippen LogP contribution in [0.25, 0.3) is 10.2 Å². The minimum atomic E-state index is 0.130. The average molecular weight is 477 g/mol. The molecule has 0 atom stereocenters. The van der Waals surface area contributed by atoms with E-state index >= 15 is 0 Å². The third-order valence-electron chi connectivity index (χ3n) is 4.76. The number of amides is 1. The molecule has 1 aliphatic rings. The second-order valence-corrected chi connectivity index (χ2v) is 8.86. The molecule has 1 amide bonds. The Hall–Kier alpha value is -1.67. The van der Waals surface area contributed by atoms with Crippen molar-refractivity contribution in [1.82, 2.24) is 9.88 Å². The van der Waals surface area contributed by atoms with E-state index in [1.165, 1.54) is 15.8 Å². The molecule has 0 unspecified atom stereocenters. The van der Waals surface area contributed by atoms with Crippen LogP contribution in [0.2, 0.25) is 0 Å². The summed E-state index contributed by atoms with van der Waals surface area (Å²) in [5.74, 6) is 0.130. The molecule has 26 heavy (non-hydrogen) atoms. The van der Waals surface area contributed by atoms with Gasteiger partial charge in [0.1, 0.15) is 0 Å². The first-order valence-electron chi connectivity index (χ1n) is 8.69. The molecule has 1 aliphatic heterocycles. The molecule has 0 spiro atoms. The van der Waals surface area contributed by atoms with E-state index in [-0.39, 0.29) is 5.91 Å². The Balaban J connectivity index is 1.49. The molecule has 1 saturated heterocycles. The molecule has 0 N–H and O–H groups in total. The smallest absolute Gasteiger partial charge is 0.255 e. The van der Waals surface area contributed by atoms with Crippen LogP contribution >= 0.6 is 33.9 Å². The number of carbonyl (C=O) groups excluding carboxylic acids is 1. The number of benzene rings is 2. The van der Waals surface area contributed by atoms with E-state index in [9.17, 15) is 4.79 Å². The Kier molecular flexibility index (Phi) is 4.88. The number of hydrogen-bond acceptors (Lipinski definition) is 4. The maximum atomic E-state index is 12.8. The highest BCUT2D eigenvalue weighted by Gasteiger charge is 2.25. The predicted molar refractivity (Wildman–Crippen MR) is 116 cm³/mol. The van der Waals surface area contributed by atoms with Crippen LogP contribution in [-0.4, -0.2) is 42.0 Å². The summed E-state index contributed by atoms with van der Waals surface area (Å²) in [7, 11) is 0. The van der Waals surface area contributed by atoms with Crippen LogP contribution in [0.4, 0.5) is 5.13 Å². The Bertz CT molecular complexity index is 976. The van der Waals surface area contributed by atoms with Gasteiger partial charge in [0.05, 0.1) is 15.8 Å². The lowest BCUT2D eigenvalue weighted by atomic mass is 10.1. The number of aromatic nitrogens is 1. The number of nitrogens with zero attached hydrogens (tertiary/aromatic N) is 3. The Labute approximate surface area is 171 Å². The molecule has 1 aromatic heterocycles. The van der Waals surface area contributed by atoms with E-state index in [1.54, 1.807) is 11.3 Å². The molecule has 2 heterocycles. The lowest BCUT2D eigenvalue weighted by Gasteiger charge is -2.34. The number of aryl methyl sites for hydroxylation is 2.